The Morgan fingerprint density at radius 1 is 1.08 bits per heavy atom. The van der Waals surface area contributed by atoms with Crippen molar-refractivity contribution in [2.45, 2.75) is 51.6 Å². The summed E-state index contributed by atoms with van der Waals surface area (Å²) in [5.74, 6) is 2.97. The number of nitrogens with one attached hydrogen (secondary N) is 1. The lowest BCUT2D eigenvalue weighted by Gasteiger charge is -2.42. The van der Waals surface area contributed by atoms with Crippen molar-refractivity contribution in [3.63, 3.8) is 0 Å². The molecule has 214 valence electrons. The molecule has 1 aromatic rings. The number of nitrogens with two attached hydrogens (primary N) is 1. The zero-order valence-electron chi connectivity index (χ0n) is 23.3. The van der Waals surface area contributed by atoms with Gasteiger partial charge in [-0.15, -0.1) is 0 Å². The van der Waals surface area contributed by atoms with E-state index in [2.05, 4.69) is 45.0 Å². The summed E-state index contributed by atoms with van der Waals surface area (Å²) in [6, 6.07) is 5.06. The van der Waals surface area contributed by atoms with Crippen LogP contribution in [0.15, 0.2) is 47.0 Å². The second-order valence-corrected chi connectivity index (χ2v) is 10.2. The number of rotatable bonds is 3. The first-order valence-electron chi connectivity index (χ1n) is 14.1. The summed E-state index contributed by atoms with van der Waals surface area (Å²) in [7, 11) is 0. The van der Waals surface area contributed by atoms with Gasteiger partial charge in [0, 0.05) is 49.5 Å². The number of hydrogen-bond donors (Lipinski definition) is 3. The molecule has 5 heterocycles. The fourth-order valence-electron chi connectivity index (χ4n) is 5.47. The molecule has 3 saturated heterocycles. The average Bonchev–Trinajstić information content (AvgIpc) is 3.39. The minimum atomic E-state index is -0.0616. The van der Waals surface area contributed by atoms with Crippen LogP contribution in [-0.4, -0.2) is 95.7 Å². The molecule has 2 atom stereocenters. The summed E-state index contributed by atoms with van der Waals surface area (Å²) >= 11 is 9.73. The monoisotopic (exact) mass is 575 g/mol. The Hall–Kier alpha value is -2.40. The Morgan fingerprint density at radius 3 is 2.51 bits per heavy atom. The van der Waals surface area contributed by atoms with E-state index in [1.54, 1.807) is 24.5 Å². The van der Waals surface area contributed by atoms with Crippen molar-refractivity contribution in [1.82, 2.24) is 25.1 Å². The largest absolute Gasteiger partial charge is 0.398 e. The first-order chi connectivity index (χ1) is 19.1. The molecule has 0 aliphatic carbocycles. The number of thiol groups is 1. The standard InChI is InChI=1S/C25H32ClN7O2.C2H6.CH4S/c26-17-5-6-19(27)18(14-17)25(34)32-9-2-1-4-21(32)20-15-23-28-22(30-7-3-8-30)16-24(33(23)29-20)31-10-12-35-13-11-31;2*1-2/h5-6,14-16,20-21,29H,1-4,7-13,27H2;1-2H3;2H,1H3. The summed E-state index contributed by atoms with van der Waals surface area (Å²) in [5.41, 5.74) is 10.8. The molecule has 2 unspecified atom stereocenters. The average molecular weight is 576 g/mol. The molecule has 0 radical (unpaired) electrons. The number of nitrogen functional groups attached to an aromatic ring is 1. The van der Waals surface area contributed by atoms with Gasteiger partial charge in [0.05, 0.1) is 30.9 Å². The highest BCUT2D eigenvalue weighted by Gasteiger charge is 2.40. The fourth-order valence-corrected chi connectivity index (χ4v) is 5.64. The highest BCUT2D eigenvalue weighted by Crippen LogP contribution is 2.33. The third-order valence-electron chi connectivity index (χ3n) is 7.54. The minimum Gasteiger partial charge on any atom is -0.398 e. The molecule has 1 amide bonds. The van der Waals surface area contributed by atoms with Gasteiger partial charge in [-0.25, -0.2) is 15.4 Å². The number of amides is 1. The number of fused-ring (bicyclic) bond motifs is 1. The predicted octanol–water partition coefficient (Wildman–Crippen LogP) is 3.81. The molecule has 5 aliphatic rings. The van der Waals surface area contributed by atoms with Crippen LogP contribution >= 0.6 is 24.2 Å². The first kappa shape index (κ1) is 29.6. The van der Waals surface area contributed by atoms with Crippen LogP contribution in [0.4, 0.5) is 5.69 Å². The number of carbonyl (C=O) groups excluding carboxylic acids is 1. The number of piperidine rings is 1. The van der Waals surface area contributed by atoms with E-state index in [0.717, 1.165) is 76.1 Å². The molecular formula is C28H42ClN7O2S. The number of ether oxygens (including phenoxy) is 1. The van der Waals surface area contributed by atoms with Gasteiger partial charge in [0.1, 0.15) is 17.5 Å². The van der Waals surface area contributed by atoms with Crippen LogP contribution < -0.4 is 11.2 Å². The second kappa shape index (κ2) is 13.8. The molecule has 1 aromatic carbocycles. The van der Waals surface area contributed by atoms with Crippen molar-refractivity contribution >= 4 is 41.7 Å². The van der Waals surface area contributed by atoms with Crippen molar-refractivity contribution in [3.8, 4) is 0 Å². The van der Waals surface area contributed by atoms with Crippen molar-refractivity contribution in [2.75, 3.05) is 57.9 Å². The van der Waals surface area contributed by atoms with E-state index in [9.17, 15) is 4.79 Å². The summed E-state index contributed by atoms with van der Waals surface area (Å²) < 4.78 is 5.60. The number of benzene rings is 1. The van der Waals surface area contributed by atoms with Crippen molar-refractivity contribution in [1.29, 1.82) is 0 Å². The number of hydrogen-bond acceptors (Lipinski definition) is 9. The van der Waals surface area contributed by atoms with Gasteiger partial charge in [-0.1, -0.05) is 25.4 Å². The number of halogens is 1. The van der Waals surface area contributed by atoms with Crippen molar-refractivity contribution in [3.05, 3.63) is 52.6 Å². The Bertz CT molecular complexity index is 1100. The topological polar surface area (TPSA) is 89.7 Å². The number of anilines is 1. The minimum absolute atomic E-state index is 0.00123. The van der Waals surface area contributed by atoms with Crippen LogP contribution in [-0.2, 0) is 4.74 Å². The SMILES string of the molecule is CC.CS.Nc1ccc(Cl)cc1C(=O)N1CCCCC1C1C=C2N=C(N3CCC3)C=C(N3CCOCC3)N2N1. The van der Waals surface area contributed by atoms with E-state index < -0.39 is 0 Å². The summed E-state index contributed by atoms with van der Waals surface area (Å²) in [6.07, 6.45) is 10.2. The third kappa shape index (κ3) is 6.34. The van der Waals surface area contributed by atoms with Gasteiger partial charge in [-0.3, -0.25) is 4.79 Å². The smallest absolute Gasteiger partial charge is 0.256 e. The molecule has 3 N–H and O–H groups in total. The van der Waals surface area contributed by atoms with Crippen LogP contribution in [0.1, 0.15) is 49.9 Å². The van der Waals surface area contributed by atoms with Crippen LogP contribution in [0.5, 0.6) is 0 Å². The highest BCUT2D eigenvalue weighted by molar-refractivity contribution is 7.79. The van der Waals surface area contributed by atoms with E-state index in [-0.39, 0.29) is 18.0 Å². The maximum Gasteiger partial charge on any atom is 0.256 e. The highest BCUT2D eigenvalue weighted by atomic mass is 35.5. The summed E-state index contributed by atoms with van der Waals surface area (Å²) in [4.78, 5) is 25.3. The fraction of sp³-hybridized carbons (Fsp3) is 0.571. The van der Waals surface area contributed by atoms with Crippen LogP contribution in [0.25, 0.3) is 0 Å². The Labute approximate surface area is 243 Å². The number of morpholine rings is 1. The lowest BCUT2D eigenvalue weighted by molar-refractivity contribution is 0.0321. The number of likely N-dealkylation sites (tertiary alicyclic amines) is 2. The first-order valence-corrected chi connectivity index (χ1v) is 15.3. The molecule has 0 aromatic heterocycles. The predicted molar refractivity (Wildman–Crippen MR) is 162 cm³/mol. The van der Waals surface area contributed by atoms with E-state index in [1.165, 1.54) is 6.42 Å². The number of hydrazine groups is 1. The van der Waals surface area contributed by atoms with Crippen LogP contribution in [0, 0.1) is 0 Å². The number of carbonyl (C=O) groups is 1. The lowest BCUT2D eigenvalue weighted by atomic mass is 9.94. The van der Waals surface area contributed by atoms with Gasteiger partial charge < -0.3 is 25.2 Å². The number of aliphatic imine (C=N–C) groups is 1. The molecule has 3 fully saturated rings. The number of amidine groups is 1. The summed E-state index contributed by atoms with van der Waals surface area (Å²) in [5, 5.41) is 2.62. The van der Waals surface area contributed by atoms with Gasteiger partial charge in [-0.2, -0.15) is 12.6 Å². The summed E-state index contributed by atoms with van der Waals surface area (Å²) in [6.45, 7) is 9.91. The number of nitrogens with zero attached hydrogens (tertiary/aromatic N) is 5. The zero-order valence-corrected chi connectivity index (χ0v) is 24.9. The van der Waals surface area contributed by atoms with Crippen LogP contribution in [0.2, 0.25) is 5.02 Å². The second-order valence-electron chi connectivity index (χ2n) is 9.72. The zero-order chi connectivity index (χ0) is 27.9. The van der Waals surface area contributed by atoms with E-state index in [1.807, 2.05) is 18.7 Å². The quantitative estimate of drug-likeness (QED) is 0.373. The van der Waals surface area contributed by atoms with E-state index in [0.29, 0.717) is 22.8 Å². The molecule has 6 rings (SSSR count). The van der Waals surface area contributed by atoms with Gasteiger partial charge in [-0.05, 0) is 56.2 Å². The van der Waals surface area contributed by atoms with Crippen LogP contribution in [0.3, 0.4) is 0 Å². The molecule has 0 saturated carbocycles. The van der Waals surface area contributed by atoms with E-state index in [4.69, 9.17) is 27.1 Å². The van der Waals surface area contributed by atoms with Gasteiger partial charge >= 0.3 is 0 Å². The van der Waals surface area contributed by atoms with Crippen molar-refractivity contribution in [2.24, 2.45) is 4.99 Å². The Morgan fingerprint density at radius 2 is 1.82 bits per heavy atom. The molecule has 11 heteroatoms. The van der Waals surface area contributed by atoms with Gasteiger partial charge in [0.15, 0.2) is 0 Å². The molecular weight excluding hydrogens is 534 g/mol. The molecule has 5 aliphatic heterocycles. The molecule has 0 spiro atoms. The molecule has 0 bridgehead atoms. The normalized spacial score (nSPS) is 24.2. The Balaban J connectivity index is 0.000000845. The molecule has 39 heavy (non-hydrogen) atoms. The third-order valence-corrected chi connectivity index (χ3v) is 7.77. The van der Waals surface area contributed by atoms with Gasteiger partial charge in [0.25, 0.3) is 5.91 Å². The molecule has 9 nitrogen and oxygen atoms in total. The maximum absolute atomic E-state index is 13.6. The maximum atomic E-state index is 13.6. The lowest BCUT2D eigenvalue weighted by Crippen LogP contribution is -2.56. The van der Waals surface area contributed by atoms with E-state index >= 15 is 0 Å². The van der Waals surface area contributed by atoms with Crippen molar-refractivity contribution < 1.29 is 9.53 Å². The van der Waals surface area contributed by atoms with Gasteiger partial charge in [0.2, 0.25) is 0 Å². The Kier molecular flexibility index (Phi) is 10.5.